The Labute approximate surface area is 346 Å². The number of hydrogen-bond donors (Lipinski definition) is 0. The van der Waals surface area contributed by atoms with Gasteiger partial charge in [0.2, 0.25) is 5.88 Å². The highest BCUT2D eigenvalue weighted by Crippen LogP contribution is 2.49. The van der Waals surface area contributed by atoms with Crippen molar-refractivity contribution in [3.05, 3.63) is 74.7 Å². The number of alkyl halides is 3. The van der Waals surface area contributed by atoms with E-state index in [-0.39, 0.29) is 74.5 Å². The molecule has 318 valence electrons. The van der Waals surface area contributed by atoms with Crippen LogP contribution in [0.4, 0.5) is 22.0 Å². The predicted molar refractivity (Wildman–Crippen MR) is 226 cm³/mol. The van der Waals surface area contributed by atoms with E-state index in [1.54, 1.807) is 20.1 Å². The van der Waals surface area contributed by atoms with Gasteiger partial charge >= 0.3 is 6.18 Å². The fourth-order valence-corrected chi connectivity index (χ4v) is 10.3. The standard InChI is InChI=1S/C46H61F5N4O2S/c1-11-15-38(57-26-45-20-14-21-54(45)25-31(23-45)56-10)53-42-33(30(9)55(13-3)37(27(4)5)19-16-29(8)12-2)22-35(46(49,50)51)40(41(42)48)32-17-18-36(47)44-39(32)34(24-52)43(58-44)28(6)7/h15,17-18,22,27-29,31,37H,11-14,16,19-21,23,25-26H2,1-10H3/b33-30+,38-15-,53-42+. The fourth-order valence-electron chi connectivity index (χ4n) is 9.07. The van der Waals surface area contributed by atoms with Crippen molar-refractivity contribution in [1.82, 2.24) is 9.80 Å². The van der Waals surface area contributed by atoms with Gasteiger partial charge in [0.15, 0.2) is 5.83 Å². The first-order valence-corrected chi connectivity index (χ1v) is 21.8. The van der Waals surface area contributed by atoms with Crippen LogP contribution in [0.5, 0.6) is 0 Å². The number of nitriles is 1. The minimum Gasteiger partial charge on any atom is -0.476 e. The van der Waals surface area contributed by atoms with Crippen LogP contribution in [0.3, 0.4) is 0 Å². The van der Waals surface area contributed by atoms with Crippen LogP contribution in [0.1, 0.15) is 129 Å². The van der Waals surface area contributed by atoms with Crippen molar-refractivity contribution in [3.8, 4) is 6.07 Å². The molecule has 0 radical (unpaired) electrons. The largest absolute Gasteiger partial charge is 0.476 e. The molecule has 5 rings (SSSR count). The molecular weight excluding hydrogens is 768 g/mol. The molecule has 3 heterocycles. The summed E-state index contributed by atoms with van der Waals surface area (Å²) in [4.78, 5) is 9.81. The quantitative estimate of drug-likeness (QED) is 0.125. The predicted octanol–water partition coefficient (Wildman–Crippen LogP) is 12.6. The molecule has 4 atom stereocenters. The molecule has 0 N–H and O–H groups in total. The molecule has 6 nitrogen and oxygen atoms in total. The van der Waals surface area contributed by atoms with E-state index in [9.17, 15) is 5.26 Å². The summed E-state index contributed by atoms with van der Waals surface area (Å²) in [5, 5.41) is 10.3. The van der Waals surface area contributed by atoms with E-state index in [4.69, 9.17) is 14.5 Å². The first-order chi connectivity index (χ1) is 27.5. The first kappa shape index (κ1) is 45.6. The summed E-state index contributed by atoms with van der Waals surface area (Å²) >= 11 is 1.01. The van der Waals surface area contributed by atoms with Crippen LogP contribution in [0.25, 0.3) is 15.7 Å². The smallest absolute Gasteiger partial charge is 0.417 e. The Bertz CT molecular complexity index is 2020. The normalized spacial score (nSPS) is 23.2. The summed E-state index contributed by atoms with van der Waals surface area (Å²) < 4.78 is 92.4. The Morgan fingerprint density at radius 3 is 2.45 bits per heavy atom. The summed E-state index contributed by atoms with van der Waals surface area (Å²) in [6, 6.07) is 4.28. The highest BCUT2D eigenvalue weighted by atomic mass is 32.1. The molecule has 58 heavy (non-hydrogen) atoms. The first-order valence-electron chi connectivity index (χ1n) is 21.0. The van der Waals surface area contributed by atoms with E-state index in [0.717, 1.165) is 81.2 Å². The van der Waals surface area contributed by atoms with Gasteiger partial charge in [-0.05, 0) is 100 Å². The molecule has 1 aliphatic carbocycles. The van der Waals surface area contributed by atoms with E-state index in [0.29, 0.717) is 29.5 Å². The van der Waals surface area contributed by atoms with E-state index in [2.05, 4.69) is 43.6 Å². The van der Waals surface area contributed by atoms with Gasteiger partial charge in [-0.1, -0.05) is 61.0 Å². The highest BCUT2D eigenvalue weighted by Gasteiger charge is 2.49. The lowest BCUT2D eigenvalue weighted by Crippen LogP contribution is -2.42. The van der Waals surface area contributed by atoms with Gasteiger partial charge in [0.1, 0.15) is 24.2 Å². The van der Waals surface area contributed by atoms with Gasteiger partial charge in [0, 0.05) is 53.3 Å². The number of allylic oxidation sites excluding steroid dienone is 7. The van der Waals surface area contributed by atoms with Gasteiger partial charge in [-0.15, -0.1) is 11.3 Å². The molecule has 2 aliphatic heterocycles. The highest BCUT2D eigenvalue weighted by molar-refractivity contribution is 7.19. The third-order valence-electron chi connectivity index (χ3n) is 12.4. The lowest BCUT2D eigenvalue weighted by atomic mass is 9.84. The van der Waals surface area contributed by atoms with Crippen LogP contribution in [-0.2, 0) is 9.47 Å². The number of hydrogen-bond acceptors (Lipinski definition) is 7. The van der Waals surface area contributed by atoms with Crippen LogP contribution in [0, 0.1) is 29.0 Å². The zero-order valence-corrected chi connectivity index (χ0v) is 36.7. The molecule has 0 amide bonds. The second kappa shape index (κ2) is 18.8. The molecule has 1 aromatic heterocycles. The molecule has 2 aromatic rings. The number of thiophene rings is 1. The van der Waals surface area contributed by atoms with E-state index in [1.807, 2.05) is 27.7 Å². The van der Waals surface area contributed by atoms with Crippen molar-refractivity contribution < 1.29 is 31.4 Å². The third-order valence-corrected chi connectivity index (χ3v) is 13.9. The molecule has 3 aliphatic rings. The zero-order chi connectivity index (χ0) is 42.7. The molecule has 4 unspecified atom stereocenters. The maximum Gasteiger partial charge on any atom is 0.417 e. The summed E-state index contributed by atoms with van der Waals surface area (Å²) in [7, 11) is 1.70. The van der Waals surface area contributed by atoms with Gasteiger partial charge in [0.25, 0.3) is 0 Å². The van der Waals surface area contributed by atoms with Crippen LogP contribution < -0.4 is 0 Å². The second-order valence-electron chi connectivity index (χ2n) is 16.9. The van der Waals surface area contributed by atoms with Gasteiger partial charge in [-0.3, -0.25) is 4.90 Å². The molecular formula is C46H61F5N4O2S. The Morgan fingerprint density at radius 1 is 1.14 bits per heavy atom. The number of ether oxygens (including phenoxy) is 2. The van der Waals surface area contributed by atoms with Crippen molar-refractivity contribution in [2.24, 2.45) is 16.8 Å². The van der Waals surface area contributed by atoms with Crippen molar-refractivity contribution in [1.29, 1.82) is 5.26 Å². The summed E-state index contributed by atoms with van der Waals surface area (Å²) in [6.07, 6.45) is 3.63. The van der Waals surface area contributed by atoms with Gasteiger partial charge in [-0.2, -0.15) is 18.4 Å². The summed E-state index contributed by atoms with van der Waals surface area (Å²) in [5.41, 5.74) is -2.27. The number of methoxy groups -OCH3 is 1. The SMILES string of the molecule is CC/C=C(/N=C1/C(F)=C(c2ccc(F)c3sc(C(C)C)c(C#N)c23)C(C(F)(F)F)=C/C1=C(/C)N(CC)C(CCC(C)CC)C(C)C)OCC12CCCN1CC(OC)C2. The van der Waals surface area contributed by atoms with Crippen LogP contribution in [0.2, 0.25) is 0 Å². The van der Waals surface area contributed by atoms with E-state index < -0.39 is 29.0 Å². The number of fused-ring (bicyclic) bond motifs is 2. The molecule has 0 spiro atoms. The number of halogens is 5. The molecule has 2 fully saturated rings. The van der Waals surface area contributed by atoms with Crippen molar-refractivity contribution in [2.45, 2.75) is 137 Å². The lowest BCUT2D eigenvalue weighted by molar-refractivity contribution is -0.0872. The molecule has 12 heteroatoms. The minimum absolute atomic E-state index is 0.00300. The van der Waals surface area contributed by atoms with Crippen LogP contribution in [0.15, 0.2) is 57.8 Å². The van der Waals surface area contributed by atoms with E-state index in [1.165, 1.54) is 0 Å². The van der Waals surface area contributed by atoms with Gasteiger partial charge in [0.05, 0.1) is 27.5 Å². The molecule has 0 bridgehead atoms. The zero-order valence-electron chi connectivity index (χ0n) is 35.9. The molecule has 2 saturated heterocycles. The lowest BCUT2D eigenvalue weighted by Gasteiger charge is -2.38. The van der Waals surface area contributed by atoms with Crippen LogP contribution in [-0.4, -0.2) is 72.7 Å². The summed E-state index contributed by atoms with van der Waals surface area (Å²) in [6.45, 7) is 20.2. The average Bonchev–Trinajstić information content (AvgIpc) is 3.87. The Morgan fingerprint density at radius 2 is 1.86 bits per heavy atom. The Kier molecular flexibility index (Phi) is 14.8. The fraction of sp³-hybridized carbons (Fsp3) is 0.609. The van der Waals surface area contributed by atoms with Gasteiger partial charge in [-0.25, -0.2) is 13.8 Å². The summed E-state index contributed by atoms with van der Waals surface area (Å²) in [5.74, 6) is -1.40. The molecule has 0 saturated carbocycles. The minimum atomic E-state index is -5.02. The third kappa shape index (κ3) is 9.12. The average molecular weight is 829 g/mol. The van der Waals surface area contributed by atoms with E-state index >= 15 is 22.0 Å². The maximum absolute atomic E-state index is 18.0. The van der Waals surface area contributed by atoms with Crippen molar-refractivity contribution in [3.63, 3.8) is 0 Å². The van der Waals surface area contributed by atoms with Crippen LogP contribution >= 0.6 is 11.3 Å². The number of nitrogens with zero attached hydrogens (tertiary/aromatic N) is 4. The second-order valence-corrected chi connectivity index (χ2v) is 17.9. The maximum atomic E-state index is 18.0. The van der Waals surface area contributed by atoms with Crippen molar-refractivity contribution in [2.75, 3.05) is 33.4 Å². The van der Waals surface area contributed by atoms with Gasteiger partial charge < -0.3 is 14.4 Å². The Hall–Kier alpha value is -3.53. The number of benzene rings is 1. The van der Waals surface area contributed by atoms with Crippen molar-refractivity contribution >= 4 is 32.7 Å². The topological polar surface area (TPSA) is 61.1 Å². The molecule has 1 aromatic carbocycles. The Balaban J connectivity index is 1.79. The monoisotopic (exact) mass is 828 g/mol. The number of aliphatic imine (C=N–C) groups is 1. The number of rotatable bonds is 16.